The summed E-state index contributed by atoms with van der Waals surface area (Å²) < 4.78 is 1.68. The highest BCUT2D eigenvalue weighted by atomic mass is 35.5. The quantitative estimate of drug-likeness (QED) is 0.717. The van der Waals surface area contributed by atoms with Gasteiger partial charge in [0.2, 0.25) is 0 Å². The topological polar surface area (TPSA) is 46.9 Å². The highest BCUT2D eigenvalue weighted by molar-refractivity contribution is 6.36. The molecule has 1 amide bonds. The summed E-state index contributed by atoms with van der Waals surface area (Å²) in [5.74, 6) is -0.179. The third-order valence-electron chi connectivity index (χ3n) is 3.87. The molecule has 1 aromatic heterocycles. The molecule has 25 heavy (non-hydrogen) atoms. The fraction of sp³-hybridized carbons (Fsp3) is 0.158. The minimum absolute atomic E-state index is 0.179. The Morgan fingerprint density at radius 3 is 2.48 bits per heavy atom. The minimum atomic E-state index is -0.179. The highest BCUT2D eigenvalue weighted by Crippen LogP contribution is 2.24. The van der Waals surface area contributed by atoms with Crippen molar-refractivity contribution in [3.05, 3.63) is 81.6 Å². The zero-order chi connectivity index (χ0) is 17.8. The van der Waals surface area contributed by atoms with Crippen molar-refractivity contribution in [1.29, 1.82) is 0 Å². The maximum Gasteiger partial charge on any atom is 0.254 e. The van der Waals surface area contributed by atoms with E-state index in [1.807, 2.05) is 31.2 Å². The van der Waals surface area contributed by atoms with Crippen LogP contribution in [0.2, 0.25) is 10.0 Å². The number of halogens is 2. The summed E-state index contributed by atoms with van der Waals surface area (Å²) in [6.07, 6.45) is 3.83. The fourth-order valence-electron chi connectivity index (χ4n) is 2.45. The van der Waals surface area contributed by atoms with Gasteiger partial charge in [0, 0.05) is 22.8 Å². The summed E-state index contributed by atoms with van der Waals surface area (Å²) in [5.41, 5.74) is 3.42. The van der Waals surface area contributed by atoms with Gasteiger partial charge >= 0.3 is 0 Å². The molecule has 4 nitrogen and oxygen atoms in total. The first kappa shape index (κ1) is 17.5. The predicted molar refractivity (Wildman–Crippen MR) is 101 cm³/mol. The van der Waals surface area contributed by atoms with Gasteiger partial charge in [0.05, 0.1) is 17.4 Å². The first-order valence-corrected chi connectivity index (χ1v) is 8.63. The summed E-state index contributed by atoms with van der Waals surface area (Å²) in [6.45, 7) is 2.47. The predicted octanol–water partition coefficient (Wildman–Crippen LogP) is 4.46. The van der Waals surface area contributed by atoms with E-state index in [2.05, 4.69) is 10.4 Å². The number of hydrogen-bond acceptors (Lipinski definition) is 2. The maximum absolute atomic E-state index is 12.3. The van der Waals surface area contributed by atoms with Crippen LogP contribution in [0.4, 0.5) is 0 Å². The molecular weight excluding hydrogens is 357 g/mol. The van der Waals surface area contributed by atoms with Gasteiger partial charge in [0.25, 0.3) is 5.91 Å². The van der Waals surface area contributed by atoms with Crippen molar-refractivity contribution in [3.63, 3.8) is 0 Å². The first-order chi connectivity index (χ1) is 12.0. The molecule has 0 atom stereocenters. The molecule has 0 fully saturated rings. The summed E-state index contributed by atoms with van der Waals surface area (Å²) >= 11 is 12.3. The summed E-state index contributed by atoms with van der Waals surface area (Å²) in [6, 6.07) is 13.3. The molecule has 0 unspecified atom stereocenters. The Labute approximate surface area is 156 Å². The Morgan fingerprint density at radius 1 is 1.12 bits per heavy atom. The third-order valence-corrected chi connectivity index (χ3v) is 4.57. The van der Waals surface area contributed by atoms with Crippen molar-refractivity contribution in [2.75, 3.05) is 6.54 Å². The number of hydrogen-bond donors (Lipinski definition) is 1. The number of amides is 1. The Morgan fingerprint density at radius 2 is 1.80 bits per heavy atom. The zero-order valence-electron chi connectivity index (χ0n) is 13.7. The molecule has 3 aromatic rings. The molecule has 0 aliphatic carbocycles. The van der Waals surface area contributed by atoms with E-state index in [9.17, 15) is 4.79 Å². The molecular formula is C19H17Cl2N3O. The lowest BCUT2D eigenvalue weighted by Gasteiger charge is -2.07. The number of rotatable bonds is 5. The molecule has 128 valence electrons. The maximum atomic E-state index is 12.3. The number of nitrogens with one attached hydrogen (secondary N) is 1. The molecule has 0 spiro atoms. The highest BCUT2D eigenvalue weighted by Gasteiger charge is 2.10. The van der Waals surface area contributed by atoms with Crippen molar-refractivity contribution in [1.82, 2.24) is 15.1 Å². The second-order valence-electron chi connectivity index (χ2n) is 5.72. The molecule has 6 heteroatoms. The molecule has 0 aliphatic rings. The van der Waals surface area contributed by atoms with Crippen LogP contribution in [0, 0.1) is 6.92 Å². The van der Waals surface area contributed by atoms with Crippen LogP contribution in [0.25, 0.3) is 5.69 Å². The van der Waals surface area contributed by atoms with Gasteiger partial charge < -0.3 is 5.32 Å². The van der Waals surface area contributed by atoms with E-state index in [0.717, 1.165) is 11.3 Å². The lowest BCUT2D eigenvalue weighted by molar-refractivity contribution is 0.0954. The largest absolute Gasteiger partial charge is 0.352 e. The third kappa shape index (κ3) is 4.21. The molecule has 1 heterocycles. The average molecular weight is 374 g/mol. The van der Waals surface area contributed by atoms with Gasteiger partial charge in [-0.3, -0.25) is 4.79 Å². The number of carbonyl (C=O) groups is 1. The van der Waals surface area contributed by atoms with Crippen LogP contribution >= 0.6 is 23.2 Å². The van der Waals surface area contributed by atoms with Crippen LogP contribution in [0.5, 0.6) is 0 Å². The van der Waals surface area contributed by atoms with E-state index in [4.69, 9.17) is 23.2 Å². The number of aromatic nitrogens is 2. The number of aryl methyl sites for hydroxylation is 1. The number of nitrogens with zero attached hydrogens (tertiary/aromatic N) is 2. The van der Waals surface area contributed by atoms with E-state index in [1.54, 1.807) is 35.3 Å². The molecule has 2 aromatic carbocycles. The summed E-state index contributed by atoms with van der Waals surface area (Å²) in [4.78, 5) is 12.3. The monoisotopic (exact) mass is 373 g/mol. The Bertz CT molecular complexity index is 868. The van der Waals surface area contributed by atoms with Crippen molar-refractivity contribution in [3.8, 4) is 5.69 Å². The van der Waals surface area contributed by atoms with Gasteiger partial charge in [0.1, 0.15) is 0 Å². The van der Waals surface area contributed by atoms with Crippen LogP contribution in [-0.2, 0) is 6.42 Å². The van der Waals surface area contributed by atoms with E-state index >= 15 is 0 Å². The van der Waals surface area contributed by atoms with Gasteiger partial charge in [-0.15, -0.1) is 0 Å². The number of carbonyl (C=O) groups excluding carboxylic acids is 1. The average Bonchev–Trinajstić information content (AvgIpc) is 3.08. The molecule has 0 aliphatic heterocycles. The van der Waals surface area contributed by atoms with Crippen molar-refractivity contribution >= 4 is 29.1 Å². The van der Waals surface area contributed by atoms with Crippen LogP contribution < -0.4 is 5.32 Å². The molecule has 3 rings (SSSR count). The lowest BCUT2D eigenvalue weighted by Crippen LogP contribution is -2.25. The van der Waals surface area contributed by atoms with E-state index < -0.39 is 0 Å². The van der Waals surface area contributed by atoms with Crippen LogP contribution in [0.1, 0.15) is 21.5 Å². The normalized spacial score (nSPS) is 10.7. The Balaban J connectivity index is 1.61. The molecule has 1 N–H and O–H groups in total. The summed E-state index contributed by atoms with van der Waals surface area (Å²) in [5, 5.41) is 8.32. The Hall–Kier alpha value is -2.30. The van der Waals surface area contributed by atoms with Gasteiger partial charge in [-0.25, -0.2) is 4.68 Å². The number of benzene rings is 2. The smallest absolute Gasteiger partial charge is 0.254 e. The van der Waals surface area contributed by atoms with E-state index in [1.165, 1.54) is 5.56 Å². The first-order valence-electron chi connectivity index (χ1n) is 7.87. The van der Waals surface area contributed by atoms with Gasteiger partial charge in [-0.05, 0) is 43.2 Å². The van der Waals surface area contributed by atoms with E-state index in [0.29, 0.717) is 28.6 Å². The van der Waals surface area contributed by atoms with Gasteiger partial charge in [-0.1, -0.05) is 47.0 Å². The van der Waals surface area contributed by atoms with E-state index in [-0.39, 0.29) is 5.91 Å². The van der Waals surface area contributed by atoms with Crippen molar-refractivity contribution in [2.24, 2.45) is 0 Å². The molecule has 0 radical (unpaired) electrons. The zero-order valence-corrected chi connectivity index (χ0v) is 15.2. The van der Waals surface area contributed by atoms with Crippen molar-refractivity contribution in [2.45, 2.75) is 13.3 Å². The van der Waals surface area contributed by atoms with Crippen LogP contribution in [-0.4, -0.2) is 22.2 Å². The standard InChI is InChI=1S/C19H17Cl2N3O/c1-13-5-7-15(8-6-13)24-12-14(11-23-24)19(25)22-10-9-16-17(20)3-2-4-18(16)21/h2-8,11-12H,9-10H2,1H3,(H,22,25). The lowest BCUT2D eigenvalue weighted by atomic mass is 10.1. The second-order valence-corrected chi connectivity index (χ2v) is 6.53. The second kappa shape index (κ2) is 7.72. The molecule has 0 bridgehead atoms. The van der Waals surface area contributed by atoms with Crippen molar-refractivity contribution < 1.29 is 4.79 Å². The Kier molecular flexibility index (Phi) is 5.41. The van der Waals surface area contributed by atoms with Gasteiger partial charge in [0.15, 0.2) is 0 Å². The van der Waals surface area contributed by atoms with Crippen LogP contribution in [0.15, 0.2) is 54.9 Å². The molecule has 0 saturated heterocycles. The SMILES string of the molecule is Cc1ccc(-n2cc(C(=O)NCCc3c(Cl)cccc3Cl)cn2)cc1. The minimum Gasteiger partial charge on any atom is -0.352 e. The molecule has 0 saturated carbocycles. The summed E-state index contributed by atoms with van der Waals surface area (Å²) in [7, 11) is 0. The van der Waals surface area contributed by atoms with Crippen LogP contribution in [0.3, 0.4) is 0 Å². The van der Waals surface area contributed by atoms with Gasteiger partial charge in [-0.2, -0.15) is 5.10 Å². The fourth-order valence-corrected chi connectivity index (χ4v) is 3.04.